The first-order valence-electron chi connectivity index (χ1n) is 0.702. The van der Waals surface area contributed by atoms with E-state index in [2.05, 4.69) is 4.73 Å². The van der Waals surface area contributed by atoms with Gasteiger partial charge in [-0.3, -0.25) is 0 Å². The molecule has 3 nitrogen and oxygen atoms in total. The molecule has 5 heavy (non-hydrogen) atoms. The van der Waals surface area contributed by atoms with Crippen LogP contribution in [0.1, 0.15) is 0 Å². The molecule has 30 valence electrons. The maximum absolute atomic E-state index is 10.0. The third-order valence-corrected chi connectivity index (χ3v) is 0.169. The Labute approximate surface area is 27.6 Å². The minimum Gasteiger partial charge on any atom is -0.201 e. The van der Waals surface area contributed by atoms with Gasteiger partial charge in [0.05, 0.1) is 0 Å². The van der Waals surface area contributed by atoms with Gasteiger partial charge in [-0.15, -0.1) is 0 Å². The summed E-state index contributed by atoms with van der Waals surface area (Å²) < 4.78 is 29.8. The molecular formula is FO3P. The molecule has 0 N–H and O–H groups in total. The molecule has 0 aromatic heterocycles. The molecule has 0 rings (SSSR count). The van der Waals surface area contributed by atoms with Crippen molar-refractivity contribution in [1.29, 1.82) is 0 Å². The monoisotopic (exact) mass is 98.0 g/mol. The summed E-state index contributed by atoms with van der Waals surface area (Å²) in [5.74, 6) is 0. The fourth-order valence-corrected chi connectivity index (χ4v) is 0. The van der Waals surface area contributed by atoms with E-state index in [4.69, 9.17) is 9.13 Å². The zero-order chi connectivity index (χ0) is 4.28. The molecular weight excluding hydrogens is 98.0 g/mol. The summed E-state index contributed by atoms with van der Waals surface area (Å²) in [4.78, 5) is 0. The Bertz CT molecular complexity index is 65.0. The summed E-state index contributed by atoms with van der Waals surface area (Å²) in [6.07, 6.45) is 0. The van der Waals surface area contributed by atoms with E-state index in [1.54, 1.807) is 0 Å². The fraction of sp³-hybridized carbons (Fsp3) is 0. The first kappa shape index (κ1) is 4.79. The maximum atomic E-state index is 10.0. The maximum Gasteiger partial charge on any atom is 0.500 e. The predicted molar refractivity (Wildman–Crippen MR) is 10.5 cm³/mol. The van der Waals surface area contributed by atoms with Gasteiger partial charge in [-0.2, -0.15) is 0 Å². The molecule has 0 amide bonds. The Morgan fingerprint density at radius 2 is 1.80 bits per heavy atom. The van der Waals surface area contributed by atoms with Gasteiger partial charge in [0.15, 0.2) is 0 Å². The Morgan fingerprint density at radius 3 is 1.80 bits per heavy atom. The molecule has 0 unspecified atom stereocenters. The molecule has 0 saturated heterocycles. The van der Waals surface area contributed by atoms with Crippen molar-refractivity contribution >= 4 is 7.91 Å². The number of halogens is 1. The third-order valence-electron chi connectivity index (χ3n) is 0.0563. The Hall–Kier alpha value is -0.210. The quantitative estimate of drug-likeness (QED) is 0.459. The van der Waals surface area contributed by atoms with E-state index in [1.165, 1.54) is 0 Å². The van der Waals surface area contributed by atoms with Gasteiger partial charge >= 0.3 is 7.91 Å². The van der Waals surface area contributed by atoms with Gasteiger partial charge in [-0.05, 0) is 4.53 Å². The van der Waals surface area contributed by atoms with E-state index in [9.17, 15) is 4.53 Å². The molecule has 0 fully saturated rings. The predicted octanol–water partition coefficient (Wildman–Crippen LogP) is 0.975. The minimum absolute atomic E-state index is 2.20. The normalized spacial score (nSPS) is 7.40. The second-order valence-electron chi connectivity index (χ2n) is 0.293. The van der Waals surface area contributed by atoms with Gasteiger partial charge in [-0.25, -0.2) is 9.13 Å². The topological polar surface area (TPSA) is 43.4 Å². The van der Waals surface area contributed by atoms with Crippen LogP contribution in [0.4, 0.5) is 4.53 Å². The molecule has 0 saturated carbocycles. The van der Waals surface area contributed by atoms with Crippen LogP contribution in [0.2, 0.25) is 0 Å². The van der Waals surface area contributed by atoms with Gasteiger partial charge in [0, 0.05) is 0 Å². The standard InChI is InChI=1S/FO3P/c1-4-5(2)3. The van der Waals surface area contributed by atoms with Crippen LogP contribution in [0, 0.1) is 0 Å². The summed E-state index contributed by atoms with van der Waals surface area (Å²) in [6.45, 7) is 0. The lowest BCUT2D eigenvalue weighted by molar-refractivity contribution is -0.0000475. The SMILES string of the molecule is O=P(=O)OF. The van der Waals surface area contributed by atoms with Crippen molar-refractivity contribution in [1.82, 2.24) is 0 Å². The molecule has 0 aromatic carbocycles. The van der Waals surface area contributed by atoms with Gasteiger partial charge in [0.2, 0.25) is 0 Å². The zero-order valence-electron chi connectivity index (χ0n) is 2.05. The first-order chi connectivity index (χ1) is 2.27. The highest BCUT2D eigenvalue weighted by molar-refractivity contribution is 7.24. The zero-order valence-corrected chi connectivity index (χ0v) is 2.94. The summed E-state index contributed by atoms with van der Waals surface area (Å²) in [6, 6.07) is 0. The van der Waals surface area contributed by atoms with E-state index in [0.29, 0.717) is 0 Å². The van der Waals surface area contributed by atoms with Gasteiger partial charge in [0.1, 0.15) is 0 Å². The molecule has 0 bridgehead atoms. The highest BCUT2D eigenvalue weighted by Crippen LogP contribution is 2.02. The van der Waals surface area contributed by atoms with Crippen LogP contribution in [-0.4, -0.2) is 0 Å². The second-order valence-corrected chi connectivity index (χ2v) is 0.878. The van der Waals surface area contributed by atoms with Crippen molar-refractivity contribution in [2.45, 2.75) is 0 Å². The average Bonchev–Trinajstić information content (AvgIpc) is 1.38. The first-order valence-corrected chi connectivity index (χ1v) is 1.80. The van der Waals surface area contributed by atoms with Crippen LogP contribution in [0.15, 0.2) is 0 Å². The van der Waals surface area contributed by atoms with Crippen LogP contribution in [0.5, 0.6) is 0 Å². The van der Waals surface area contributed by atoms with Crippen LogP contribution >= 0.6 is 7.91 Å². The molecule has 0 aliphatic heterocycles. The molecule has 0 atom stereocenters. The lowest BCUT2D eigenvalue weighted by Gasteiger charge is -1.52. The number of rotatable bonds is 1. The van der Waals surface area contributed by atoms with Gasteiger partial charge in [-0.1, -0.05) is 4.73 Å². The van der Waals surface area contributed by atoms with E-state index < -0.39 is 7.91 Å². The Kier molecular flexibility index (Phi) is 1.97. The second kappa shape index (κ2) is 2.05. The Morgan fingerprint density at radius 1 is 1.60 bits per heavy atom. The molecule has 0 spiro atoms. The van der Waals surface area contributed by atoms with Crippen LogP contribution in [0.25, 0.3) is 0 Å². The highest BCUT2D eigenvalue weighted by atomic mass is 31.1. The lowest BCUT2D eigenvalue weighted by atomic mass is 15.6. The van der Waals surface area contributed by atoms with E-state index in [-0.39, 0.29) is 0 Å². The third kappa shape index (κ3) is 3.79. The van der Waals surface area contributed by atoms with Crippen LogP contribution in [-0.2, 0) is 13.9 Å². The van der Waals surface area contributed by atoms with E-state index in [0.717, 1.165) is 0 Å². The molecule has 0 radical (unpaired) electrons. The summed E-state index contributed by atoms with van der Waals surface area (Å²) in [5.41, 5.74) is 0. The van der Waals surface area contributed by atoms with Gasteiger partial charge < -0.3 is 0 Å². The summed E-state index contributed by atoms with van der Waals surface area (Å²) in [7, 11) is -3.26. The van der Waals surface area contributed by atoms with Crippen LogP contribution in [0.3, 0.4) is 0 Å². The van der Waals surface area contributed by atoms with Crippen molar-refractivity contribution < 1.29 is 18.4 Å². The smallest absolute Gasteiger partial charge is 0.201 e. The van der Waals surface area contributed by atoms with Crippen molar-refractivity contribution in [3.05, 3.63) is 0 Å². The van der Waals surface area contributed by atoms with E-state index in [1.807, 2.05) is 0 Å². The van der Waals surface area contributed by atoms with Crippen molar-refractivity contribution in [3.8, 4) is 0 Å². The van der Waals surface area contributed by atoms with Gasteiger partial charge in [0.25, 0.3) is 0 Å². The number of hydrogen-bond acceptors (Lipinski definition) is 3. The number of hydrogen-bond donors (Lipinski definition) is 0. The largest absolute Gasteiger partial charge is 0.500 e. The molecule has 0 aliphatic carbocycles. The van der Waals surface area contributed by atoms with Crippen molar-refractivity contribution in [3.63, 3.8) is 0 Å². The molecule has 0 heterocycles. The molecule has 5 heteroatoms. The highest BCUT2D eigenvalue weighted by Gasteiger charge is 1.78. The fourth-order valence-electron chi connectivity index (χ4n) is 0. The lowest BCUT2D eigenvalue weighted by Crippen LogP contribution is -1.35. The molecule has 0 aromatic rings. The van der Waals surface area contributed by atoms with E-state index >= 15 is 0 Å². The van der Waals surface area contributed by atoms with Crippen molar-refractivity contribution in [2.24, 2.45) is 0 Å². The molecule has 0 aliphatic rings. The van der Waals surface area contributed by atoms with Crippen LogP contribution < -0.4 is 0 Å². The average molecular weight is 98.0 g/mol. The minimum atomic E-state index is -3.26. The van der Waals surface area contributed by atoms with Crippen molar-refractivity contribution in [2.75, 3.05) is 0 Å². The summed E-state index contributed by atoms with van der Waals surface area (Å²) >= 11 is 0. The Balaban J connectivity index is 3.23. The summed E-state index contributed by atoms with van der Waals surface area (Å²) in [5, 5.41) is 0.